The van der Waals surface area contributed by atoms with Crippen LogP contribution in [0.15, 0.2) is 65.1 Å². The van der Waals surface area contributed by atoms with Gasteiger partial charge in [-0.25, -0.2) is 0 Å². The average molecular weight is 500 g/mol. The molecule has 1 aliphatic rings. The third kappa shape index (κ3) is 5.75. The van der Waals surface area contributed by atoms with Crippen LogP contribution in [0.4, 0.5) is 11.4 Å². The van der Waals surface area contributed by atoms with Crippen LogP contribution < -0.4 is 15.0 Å². The molecule has 0 unspecified atom stereocenters. The number of anilines is 2. The molecule has 31 heavy (non-hydrogen) atoms. The van der Waals surface area contributed by atoms with Gasteiger partial charge in [0, 0.05) is 35.4 Å². The van der Waals surface area contributed by atoms with Crippen LogP contribution in [0.3, 0.4) is 0 Å². The molecule has 0 radical (unpaired) electrons. The first kappa shape index (κ1) is 22.0. The topological polar surface area (TPSA) is 24.5 Å². The maximum Gasteiger partial charge on any atom is 0.124 e. The summed E-state index contributed by atoms with van der Waals surface area (Å²) in [5.74, 6) is 0.884. The van der Waals surface area contributed by atoms with Crippen molar-refractivity contribution < 1.29 is 4.74 Å². The Kier molecular flexibility index (Phi) is 7.41. The van der Waals surface area contributed by atoms with Crippen molar-refractivity contribution in [2.24, 2.45) is 0 Å². The van der Waals surface area contributed by atoms with Crippen LogP contribution in [0.1, 0.15) is 36.0 Å². The van der Waals surface area contributed by atoms with E-state index in [1.54, 1.807) is 0 Å². The molecule has 5 heteroatoms. The van der Waals surface area contributed by atoms with E-state index in [0.29, 0.717) is 13.2 Å². The summed E-state index contributed by atoms with van der Waals surface area (Å²) >= 11 is 10.2. The Hall–Kier alpha value is -2.17. The Balaban J connectivity index is 1.43. The standard InChI is InChI=1S/C26H28BrClN2O/c1-19-7-3-4-8-20(19)18-31-26-12-9-22(27)15-21(26)17-29-23-10-11-25(24(28)16-23)30-13-5-2-6-14-30/h3-4,7-12,15-16,29H,2,5-6,13-14,17-18H2,1H3. The first-order chi connectivity index (χ1) is 15.1. The molecule has 0 aromatic heterocycles. The molecule has 1 aliphatic heterocycles. The van der Waals surface area contributed by atoms with Gasteiger partial charge in [-0.2, -0.15) is 0 Å². The largest absolute Gasteiger partial charge is 0.489 e. The smallest absolute Gasteiger partial charge is 0.124 e. The minimum atomic E-state index is 0.553. The van der Waals surface area contributed by atoms with Crippen LogP contribution in [0.25, 0.3) is 0 Å². The van der Waals surface area contributed by atoms with Crippen LogP contribution in [-0.4, -0.2) is 13.1 Å². The van der Waals surface area contributed by atoms with Crippen molar-refractivity contribution >= 4 is 38.9 Å². The number of rotatable bonds is 7. The van der Waals surface area contributed by atoms with Gasteiger partial charge in [-0.15, -0.1) is 0 Å². The summed E-state index contributed by atoms with van der Waals surface area (Å²) in [5, 5.41) is 4.31. The molecule has 0 amide bonds. The summed E-state index contributed by atoms with van der Waals surface area (Å²) in [6.45, 7) is 5.50. The number of hydrogen-bond donors (Lipinski definition) is 1. The lowest BCUT2D eigenvalue weighted by atomic mass is 10.1. The second-order valence-corrected chi connectivity index (χ2v) is 9.36. The molecular formula is C26H28BrClN2O. The number of nitrogens with one attached hydrogen (secondary N) is 1. The Morgan fingerprint density at radius 1 is 0.968 bits per heavy atom. The van der Waals surface area contributed by atoms with Crippen molar-refractivity contribution in [3.05, 3.63) is 86.8 Å². The number of benzene rings is 3. The second-order valence-electron chi connectivity index (χ2n) is 8.03. The summed E-state index contributed by atoms with van der Waals surface area (Å²) in [7, 11) is 0. The fourth-order valence-electron chi connectivity index (χ4n) is 3.96. The Labute approximate surface area is 198 Å². The van der Waals surface area contributed by atoms with E-state index < -0.39 is 0 Å². The molecule has 0 saturated carbocycles. The summed E-state index contributed by atoms with van der Waals surface area (Å²) in [6, 6.07) is 20.7. The molecule has 0 spiro atoms. The van der Waals surface area contributed by atoms with Crippen molar-refractivity contribution in [1.82, 2.24) is 0 Å². The fourth-order valence-corrected chi connectivity index (χ4v) is 4.67. The van der Waals surface area contributed by atoms with Gasteiger partial charge in [0.25, 0.3) is 0 Å². The van der Waals surface area contributed by atoms with Crippen molar-refractivity contribution in [3.8, 4) is 5.75 Å². The lowest BCUT2D eigenvalue weighted by molar-refractivity contribution is 0.302. The highest BCUT2D eigenvalue weighted by atomic mass is 79.9. The van der Waals surface area contributed by atoms with Gasteiger partial charge in [0.05, 0.1) is 10.7 Å². The van der Waals surface area contributed by atoms with E-state index >= 15 is 0 Å². The third-order valence-corrected chi connectivity index (χ3v) is 6.59. The fraction of sp³-hybridized carbons (Fsp3) is 0.308. The number of halogens is 2. The van der Waals surface area contributed by atoms with Crippen molar-refractivity contribution in [3.63, 3.8) is 0 Å². The van der Waals surface area contributed by atoms with Crippen LogP contribution in [0.5, 0.6) is 5.75 Å². The minimum Gasteiger partial charge on any atom is -0.489 e. The molecule has 1 saturated heterocycles. The number of hydrogen-bond acceptors (Lipinski definition) is 3. The summed E-state index contributed by atoms with van der Waals surface area (Å²) in [4.78, 5) is 2.39. The van der Waals surface area contributed by atoms with E-state index in [2.05, 4.69) is 69.5 Å². The first-order valence-electron chi connectivity index (χ1n) is 10.8. The zero-order valence-corrected chi connectivity index (χ0v) is 20.2. The van der Waals surface area contributed by atoms with Gasteiger partial charge < -0.3 is 15.0 Å². The Bertz CT molecular complexity index is 1030. The van der Waals surface area contributed by atoms with Gasteiger partial charge in [-0.3, -0.25) is 0 Å². The first-order valence-corrected chi connectivity index (χ1v) is 12.0. The summed E-state index contributed by atoms with van der Waals surface area (Å²) in [6.07, 6.45) is 3.80. The van der Waals surface area contributed by atoms with E-state index in [-0.39, 0.29) is 0 Å². The molecule has 3 aromatic rings. The maximum absolute atomic E-state index is 6.62. The molecule has 3 aromatic carbocycles. The van der Waals surface area contributed by atoms with Gasteiger partial charge in [-0.05, 0) is 73.7 Å². The highest BCUT2D eigenvalue weighted by Crippen LogP contribution is 2.32. The van der Waals surface area contributed by atoms with Gasteiger partial charge in [0.2, 0.25) is 0 Å². The number of aryl methyl sites for hydroxylation is 1. The minimum absolute atomic E-state index is 0.553. The van der Waals surface area contributed by atoms with Crippen molar-refractivity contribution in [2.45, 2.75) is 39.3 Å². The predicted octanol–water partition coefficient (Wildman–Crippen LogP) is 7.59. The van der Waals surface area contributed by atoms with Gasteiger partial charge in [-0.1, -0.05) is 51.8 Å². The Morgan fingerprint density at radius 2 is 1.77 bits per heavy atom. The number of nitrogens with zero attached hydrogens (tertiary/aromatic N) is 1. The molecular weight excluding hydrogens is 472 g/mol. The predicted molar refractivity (Wildman–Crippen MR) is 134 cm³/mol. The SMILES string of the molecule is Cc1ccccc1COc1ccc(Br)cc1CNc1ccc(N2CCCCC2)c(Cl)c1. The lowest BCUT2D eigenvalue weighted by Gasteiger charge is -2.29. The summed E-state index contributed by atoms with van der Waals surface area (Å²) in [5.41, 5.74) is 5.68. The second kappa shape index (κ2) is 10.4. The van der Waals surface area contributed by atoms with E-state index in [9.17, 15) is 0 Å². The van der Waals surface area contributed by atoms with E-state index in [4.69, 9.17) is 16.3 Å². The zero-order valence-electron chi connectivity index (χ0n) is 17.8. The molecule has 0 aliphatic carbocycles. The monoisotopic (exact) mass is 498 g/mol. The van der Waals surface area contributed by atoms with Crippen LogP contribution >= 0.6 is 27.5 Å². The van der Waals surface area contributed by atoms with Gasteiger partial charge in [0.1, 0.15) is 12.4 Å². The summed E-state index contributed by atoms with van der Waals surface area (Å²) < 4.78 is 7.21. The quantitative estimate of drug-likeness (QED) is 0.362. The highest BCUT2D eigenvalue weighted by Gasteiger charge is 2.14. The maximum atomic E-state index is 6.62. The van der Waals surface area contributed by atoms with Crippen LogP contribution in [0, 0.1) is 6.92 Å². The van der Waals surface area contributed by atoms with Crippen molar-refractivity contribution in [1.29, 1.82) is 0 Å². The zero-order chi connectivity index (χ0) is 21.6. The van der Waals surface area contributed by atoms with Gasteiger partial charge in [0.15, 0.2) is 0 Å². The van der Waals surface area contributed by atoms with Crippen molar-refractivity contribution in [2.75, 3.05) is 23.3 Å². The van der Waals surface area contributed by atoms with Crippen LogP contribution in [-0.2, 0) is 13.2 Å². The molecule has 0 bridgehead atoms. The Morgan fingerprint density at radius 3 is 2.55 bits per heavy atom. The number of piperidine rings is 1. The molecule has 1 fully saturated rings. The molecule has 0 atom stereocenters. The molecule has 3 nitrogen and oxygen atoms in total. The van der Waals surface area contributed by atoms with E-state index in [1.165, 1.54) is 30.4 Å². The third-order valence-electron chi connectivity index (χ3n) is 5.79. The molecule has 1 heterocycles. The molecule has 162 valence electrons. The van der Waals surface area contributed by atoms with E-state index in [1.807, 2.05) is 24.3 Å². The van der Waals surface area contributed by atoms with Crippen LogP contribution in [0.2, 0.25) is 5.02 Å². The van der Waals surface area contributed by atoms with E-state index in [0.717, 1.165) is 45.3 Å². The average Bonchev–Trinajstić information content (AvgIpc) is 2.78. The lowest BCUT2D eigenvalue weighted by Crippen LogP contribution is -2.29. The number of ether oxygens (including phenoxy) is 1. The van der Waals surface area contributed by atoms with Gasteiger partial charge >= 0.3 is 0 Å². The molecule has 4 rings (SSSR count). The normalized spacial score (nSPS) is 13.8. The molecule has 1 N–H and O–H groups in total. The highest BCUT2D eigenvalue weighted by molar-refractivity contribution is 9.10.